The van der Waals surface area contributed by atoms with E-state index in [4.69, 9.17) is 16.3 Å². The van der Waals surface area contributed by atoms with Crippen LogP contribution in [0.4, 0.5) is 4.79 Å². The average Bonchev–Trinajstić information content (AvgIpc) is 3.39. The molecule has 160 valence electrons. The lowest BCUT2D eigenvalue weighted by atomic mass is 10.2. The summed E-state index contributed by atoms with van der Waals surface area (Å²) in [5.41, 5.74) is 1.60. The molecule has 4 rings (SSSR count). The first kappa shape index (κ1) is 21.5. The van der Waals surface area contributed by atoms with Crippen LogP contribution in [-0.4, -0.2) is 46.5 Å². The van der Waals surface area contributed by atoms with Gasteiger partial charge in [0, 0.05) is 23.7 Å². The largest absolute Gasteiger partial charge is 0.489 e. The van der Waals surface area contributed by atoms with Crippen LogP contribution in [0.25, 0.3) is 6.08 Å². The second-order valence-electron chi connectivity index (χ2n) is 7.31. The molecule has 2 heterocycles. The highest BCUT2D eigenvalue weighted by Gasteiger charge is 2.37. The summed E-state index contributed by atoms with van der Waals surface area (Å²) in [7, 11) is 0. The van der Waals surface area contributed by atoms with Gasteiger partial charge in [-0.25, -0.2) is 0 Å². The summed E-state index contributed by atoms with van der Waals surface area (Å²) in [5.74, 6) is -0.00179. The maximum Gasteiger partial charge on any atom is 0.294 e. The van der Waals surface area contributed by atoms with Crippen molar-refractivity contribution >= 4 is 46.5 Å². The van der Waals surface area contributed by atoms with Crippen LogP contribution in [-0.2, 0) is 16.2 Å². The molecular formula is C23H21ClN2O4S. The molecule has 2 saturated heterocycles. The van der Waals surface area contributed by atoms with E-state index < -0.39 is 11.1 Å². The number of carbonyl (C=O) groups excluding carboxylic acids is 3. The standard InChI is InChI=1S/C23H21ClN2O4S/c24-19-9-2-1-7-17(19)15-30-18-8-5-6-16(12-18)13-20-22(28)26(23(29)31-20)14-21(27)25-10-3-4-11-25/h1-2,5-9,12-13H,3-4,10-11,14-15H2/b20-13+. The Kier molecular flexibility index (Phi) is 6.63. The Balaban J connectivity index is 1.43. The zero-order valence-electron chi connectivity index (χ0n) is 16.8. The first-order valence-electron chi connectivity index (χ1n) is 10.0. The van der Waals surface area contributed by atoms with Crippen molar-refractivity contribution in [2.24, 2.45) is 0 Å². The van der Waals surface area contributed by atoms with Crippen molar-refractivity contribution in [1.82, 2.24) is 9.80 Å². The average molecular weight is 457 g/mol. The Morgan fingerprint density at radius 1 is 1.10 bits per heavy atom. The number of carbonyl (C=O) groups is 3. The summed E-state index contributed by atoms with van der Waals surface area (Å²) in [6, 6.07) is 14.7. The molecule has 2 aromatic rings. The highest BCUT2D eigenvalue weighted by Crippen LogP contribution is 2.33. The zero-order chi connectivity index (χ0) is 21.8. The van der Waals surface area contributed by atoms with Crippen LogP contribution < -0.4 is 4.74 Å². The van der Waals surface area contributed by atoms with Crippen LogP contribution in [0.3, 0.4) is 0 Å². The summed E-state index contributed by atoms with van der Waals surface area (Å²) in [5, 5.41) is 0.214. The van der Waals surface area contributed by atoms with Gasteiger partial charge in [0.15, 0.2) is 0 Å². The van der Waals surface area contributed by atoms with Gasteiger partial charge in [0.2, 0.25) is 5.91 Å². The summed E-state index contributed by atoms with van der Waals surface area (Å²) in [6.07, 6.45) is 3.57. The molecule has 2 aromatic carbocycles. The minimum Gasteiger partial charge on any atom is -0.489 e. The number of hydrogen-bond acceptors (Lipinski definition) is 5. The molecule has 0 bridgehead atoms. The molecule has 0 spiro atoms. The van der Waals surface area contributed by atoms with Crippen molar-refractivity contribution in [3.8, 4) is 5.75 Å². The SMILES string of the molecule is O=C(CN1C(=O)S/C(=C/c2cccc(OCc3ccccc3Cl)c2)C1=O)N1CCCC1. The highest BCUT2D eigenvalue weighted by molar-refractivity contribution is 8.18. The number of imide groups is 1. The fourth-order valence-corrected chi connectivity index (χ4v) is 4.49. The number of nitrogens with zero attached hydrogens (tertiary/aromatic N) is 2. The fourth-order valence-electron chi connectivity index (χ4n) is 3.46. The molecule has 0 unspecified atom stereocenters. The van der Waals surface area contributed by atoms with E-state index in [1.807, 2.05) is 36.4 Å². The Morgan fingerprint density at radius 2 is 1.87 bits per heavy atom. The molecule has 6 nitrogen and oxygen atoms in total. The molecule has 8 heteroatoms. The minimum absolute atomic E-state index is 0.184. The summed E-state index contributed by atoms with van der Waals surface area (Å²) >= 11 is 7.01. The molecule has 3 amide bonds. The molecule has 31 heavy (non-hydrogen) atoms. The minimum atomic E-state index is -0.440. The van der Waals surface area contributed by atoms with Gasteiger partial charge in [0.1, 0.15) is 18.9 Å². The lowest BCUT2D eigenvalue weighted by molar-refractivity contribution is -0.135. The van der Waals surface area contributed by atoms with Gasteiger partial charge in [-0.1, -0.05) is 41.9 Å². The van der Waals surface area contributed by atoms with Gasteiger partial charge in [-0.3, -0.25) is 19.3 Å². The van der Waals surface area contributed by atoms with Crippen molar-refractivity contribution in [3.63, 3.8) is 0 Å². The van der Waals surface area contributed by atoms with Crippen molar-refractivity contribution in [2.75, 3.05) is 19.6 Å². The predicted molar refractivity (Wildman–Crippen MR) is 121 cm³/mol. The number of likely N-dealkylation sites (tertiary alicyclic amines) is 1. The molecule has 2 aliphatic rings. The van der Waals surface area contributed by atoms with Gasteiger partial charge < -0.3 is 9.64 Å². The van der Waals surface area contributed by atoms with Crippen molar-refractivity contribution in [3.05, 3.63) is 69.6 Å². The van der Waals surface area contributed by atoms with Crippen molar-refractivity contribution < 1.29 is 19.1 Å². The van der Waals surface area contributed by atoms with Crippen LogP contribution in [0.15, 0.2) is 53.4 Å². The number of halogens is 1. The molecule has 0 aromatic heterocycles. The second-order valence-corrected chi connectivity index (χ2v) is 8.71. The lowest BCUT2D eigenvalue weighted by Gasteiger charge is -2.18. The number of ether oxygens (including phenoxy) is 1. The fraction of sp³-hybridized carbons (Fsp3) is 0.261. The summed E-state index contributed by atoms with van der Waals surface area (Å²) in [4.78, 5) is 40.4. The Morgan fingerprint density at radius 3 is 2.65 bits per heavy atom. The van der Waals surface area contributed by atoms with Gasteiger partial charge in [-0.15, -0.1) is 0 Å². The molecule has 2 fully saturated rings. The third-order valence-corrected chi connectivity index (χ3v) is 6.41. The Bertz CT molecular complexity index is 1050. The van der Waals surface area contributed by atoms with Crippen LogP contribution in [0.2, 0.25) is 5.02 Å². The maximum absolute atomic E-state index is 12.7. The summed E-state index contributed by atoms with van der Waals surface area (Å²) < 4.78 is 5.82. The second kappa shape index (κ2) is 9.58. The first-order chi connectivity index (χ1) is 15.0. The van der Waals surface area contributed by atoms with Crippen LogP contribution >= 0.6 is 23.4 Å². The van der Waals surface area contributed by atoms with Gasteiger partial charge >= 0.3 is 0 Å². The van der Waals surface area contributed by atoms with E-state index in [2.05, 4.69) is 0 Å². The third-order valence-electron chi connectivity index (χ3n) is 5.13. The van der Waals surface area contributed by atoms with E-state index in [0.717, 1.165) is 40.6 Å². The highest BCUT2D eigenvalue weighted by atomic mass is 35.5. The van der Waals surface area contributed by atoms with E-state index in [0.29, 0.717) is 35.4 Å². The Labute approximate surface area is 189 Å². The molecule has 0 atom stereocenters. The van der Waals surface area contributed by atoms with Crippen molar-refractivity contribution in [1.29, 1.82) is 0 Å². The molecule has 0 N–H and O–H groups in total. The number of hydrogen-bond donors (Lipinski definition) is 0. The number of thioether (sulfide) groups is 1. The number of rotatable bonds is 6. The topological polar surface area (TPSA) is 66.9 Å². The lowest BCUT2D eigenvalue weighted by Crippen LogP contribution is -2.40. The third kappa shape index (κ3) is 5.11. The van der Waals surface area contributed by atoms with E-state index >= 15 is 0 Å². The van der Waals surface area contributed by atoms with Crippen molar-refractivity contribution in [2.45, 2.75) is 19.4 Å². The predicted octanol–water partition coefficient (Wildman–Crippen LogP) is 4.58. The normalized spacial score (nSPS) is 17.6. The number of benzene rings is 2. The molecule has 0 aliphatic carbocycles. The van der Waals surface area contributed by atoms with E-state index in [1.54, 1.807) is 23.1 Å². The zero-order valence-corrected chi connectivity index (χ0v) is 18.3. The van der Waals surface area contributed by atoms with E-state index in [9.17, 15) is 14.4 Å². The Hall–Kier alpha value is -2.77. The number of amides is 3. The van der Waals surface area contributed by atoms with Gasteiger partial charge in [0.05, 0.1) is 4.91 Å². The monoisotopic (exact) mass is 456 g/mol. The van der Waals surface area contributed by atoms with Crippen LogP contribution in [0, 0.1) is 0 Å². The van der Waals surface area contributed by atoms with E-state index in [1.165, 1.54) is 0 Å². The van der Waals surface area contributed by atoms with E-state index in [-0.39, 0.29) is 12.5 Å². The van der Waals surface area contributed by atoms with Gasteiger partial charge in [0.25, 0.3) is 11.1 Å². The smallest absolute Gasteiger partial charge is 0.294 e. The maximum atomic E-state index is 12.7. The van der Waals surface area contributed by atoms with Gasteiger partial charge in [-0.2, -0.15) is 0 Å². The molecule has 0 saturated carbocycles. The van der Waals surface area contributed by atoms with Crippen LogP contribution in [0.1, 0.15) is 24.0 Å². The summed E-state index contributed by atoms with van der Waals surface area (Å²) in [6.45, 7) is 1.49. The molecular weight excluding hydrogens is 436 g/mol. The first-order valence-corrected chi connectivity index (χ1v) is 11.2. The van der Waals surface area contributed by atoms with Gasteiger partial charge in [-0.05, 0) is 54.4 Å². The molecule has 0 radical (unpaired) electrons. The molecule has 2 aliphatic heterocycles. The quantitative estimate of drug-likeness (QED) is 0.595. The van der Waals surface area contributed by atoms with Crippen LogP contribution in [0.5, 0.6) is 5.75 Å².